The molecule has 0 radical (unpaired) electrons. The van der Waals surface area contributed by atoms with Crippen molar-refractivity contribution in [3.8, 4) is 77.9 Å². The Kier molecular flexibility index (Phi) is 11.2. The van der Waals surface area contributed by atoms with Gasteiger partial charge in [-0.3, -0.25) is 0 Å². The zero-order chi connectivity index (χ0) is 61.0. The first kappa shape index (κ1) is 52.5. The van der Waals surface area contributed by atoms with Gasteiger partial charge in [-0.15, -0.1) is 0 Å². The molecule has 2 aliphatic carbocycles. The molecule has 0 saturated heterocycles. The Bertz CT molecular complexity index is 5440. The SMILES string of the molecule is c1ccc([Si]2(c3ccccc3)c3ccccc3-c3c(-c4cccc5c(-c6cccc7c6-c6c(ccc8ccccc68)C76c7ccccc7-c7ccccc76)c6cccc(-c7cccc8c7-c7ccccc7[Si]8(c7ccccc7)c7ccccc7)c6cc45)cccc32)cc1. The normalized spacial score (nSPS) is 14.3. The third-order valence-electron chi connectivity index (χ3n) is 21.9. The van der Waals surface area contributed by atoms with Crippen LogP contribution in [0.15, 0.2) is 352 Å². The molecule has 0 N–H and O–H groups in total. The van der Waals surface area contributed by atoms with E-state index in [-0.39, 0.29) is 0 Å². The first-order valence-electron chi connectivity index (χ1n) is 32.7. The van der Waals surface area contributed by atoms with Crippen LogP contribution in [0.5, 0.6) is 0 Å². The summed E-state index contributed by atoms with van der Waals surface area (Å²) < 4.78 is 0. The van der Waals surface area contributed by atoms with E-state index >= 15 is 0 Å². The molecule has 0 aromatic heterocycles. The summed E-state index contributed by atoms with van der Waals surface area (Å²) in [5.41, 5.74) is 22.9. The van der Waals surface area contributed by atoms with Gasteiger partial charge >= 0.3 is 0 Å². The average Bonchev–Trinajstić information content (AvgIpc) is 1.52. The van der Waals surface area contributed by atoms with Crippen molar-refractivity contribution >= 4 is 90.0 Å². The minimum atomic E-state index is -2.85. The van der Waals surface area contributed by atoms with E-state index in [1.165, 1.54) is 174 Å². The lowest BCUT2D eigenvalue weighted by atomic mass is 9.70. The monoisotopic (exact) mass is 1210 g/mol. The molecule has 0 unspecified atom stereocenters. The fraction of sp³-hybridized carbons (Fsp3) is 0.0110. The number of fused-ring (bicyclic) bond motifs is 20. The van der Waals surface area contributed by atoms with Crippen molar-refractivity contribution in [2.75, 3.05) is 0 Å². The topological polar surface area (TPSA) is 0 Å². The van der Waals surface area contributed by atoms with Crippen molar-refractivity contribution in [2.45, 2.75) is 5.41 Å². The van der Waals surface area contributed by atoms with Gasteiger partial charge in [-0.1, -0.05) is 346 Å². The van der Waals surface area contributed by atoms with Gasteiger partial charge in [-0.2, -0.15) is 0 Å². The molecule has 16 aromatic rings. The highest BCUT2D eigenvalue weighted by Gasteiger charge is 2.54. The van der Waals surface area contributed by atoms with Gasteiger partial charge in [0.1, 0.15) is 0 Å². The van der Waals surface area contributed by atoms with Gasteiger partial charge in [0.05, 0.1) is 5.41 Å². The van der Waals surface area contributed by atoms with E-state index in [2.05, 4.69) is 352 Å². The van der Waals surface area contributed by atoms with Crippen LogP contribution >= 0.6 is 0 Å². The average molecular weight is 1210 g/mol. The molecule has 0 saturated carbocycles. The summed E-state index contributed by atoms with van der Waals surface area (Å²) in [6.45, 7) is 0. The smallest absolute Gasteiger partial charge is 0.0623 e. The minimum Gasteiger partial charge on any atom is -0.0623 e. The van der Waals surface area contributed by atoms with Crippen molar-refractivity contribution in [3.05, 3.63) is 374 Å². The Hall–Kier alpha value is -11.3. The van der Waals surface area contributed by atoms with Crippen molar-refractivity contribution < 1.29 is 0 Å². The maximum Gasteiger partial charge on any atom is 0.180 e. The Labute approximate surface area is 543 Å². The maximum absolute atomic E-state index is 2.85. The van der Waals surface area contributed by atoms with Crippen LogP contribution in [0.1, 0.15) is 22.3 Å². The third-order valence-corrected chi connectivity index (χ3v) is 31.6. The molecule has 2 heterocycles. The number of benzene rings is 16. The molecule has 0 fully saturated rings. The fourth-order valence-corrected chi connectivity index (χ4v) is 28.9. The van der Waals surface area contributed by atoms with Crippen LogP contribution in [-0.4, -0.2) is 16.1 Å². The highest BCUT2D eigenvalue weighted by Crippen LogP contribution is 2.66. The molecule has 2 heteroatoms. The lowest BCUT2D eigenvalue weighted by Crippen LogP contribution is -2.72. The summed E-state index contributed by atoms with van der Waals surface area (Å²) >= 11 is 0. The highest BCUT2D eigenvalue weighted by molar-refractivity contribution is 7.23. The largest absolute Gasteiger partial charge is 0.180 e. The maximum atomic E-state index is 2.61. The zero-order valence-electron chi connectivity index (χ0n) is 51.0. The quantitative estimate of drug-likeness (QED) is 0.110. The van der Waals surface area contributed by atoms with Gasteiger partial charge < -0.3 is 0 Å². The van der Waals surface area contributed by atoms with Gasteiger partial charge in [0.2, 0.25) is 0 Å². The lowest BCUT2D eigenvalue weighted by molar-refractivity contribution is 0.794. The van der Waals surface area contributed by atoms with E-state index < -0.39 is 21.6 Å². The van der Waals surface area contributed by atoms with Gasteiger partial charge in [0.15, 0.2) is 16.1 Å². The molecule has 16 aromatic carbocycles. The summed E-state index contributed by atoms with van der Waals surface area (Å²) in [4.78, 5) is 0. The molecule has 0 nitrogen and oxygen atoms in total. The zero-order valence-corrected chi connectivity index (χ0v) is 53.0. The number of hydrogen-bond acceptors (Lipinski definition) is 0. The van der Waals surface area contributed by atoms with Crippen LogP contribution in [0, 0.1) is 0 Å². The fourth-order valence-electron chi connectivity index (χ4n) is 18.5. The molecule has 93 heavy (non-hydrogen) atoms. The first-order chi connectivity index (χ1) is 46.2. The Morgan fingerprint density at radius 1 is 0.172 bits per heavy atom. The molecule has 20 rings (SSSR count). The minimum absolute atomic E-state index is 0.549. The van der Waals surface area contributed by atoms with E-state index in [9.17, 15) is 0 Å². The molecule has 2 aliphatic heterocycles. The van der Waals surface area contributed by atoms with E-state index in [4.69, 9.17) is 0 Å². The van der Waals surface area contributed by atoms with Crippen molar-refractivity contribution in [1.82, 2.24) is 0 Å². The summed E-state index contributed by atoms with van der Waals surface area (Å²) in [6, 6.07) is 136. The van der Waals surface area contributed by atoms with E-state index in [0.717, 1.165) is 0 Å². The third kappa shape index (κ3) is 6.83. The van der Waals surface area contributed by atoms with Crippen LogP contribution in [-0.2, 0) is 5.41 Å². The van der Waals surface area contributed by atoms with Crippen LogP contribution < -0.4 is 41.5 Å². The van der Waals surface area contributed by atoms with E-state index in [1.807, 2.05) is 0 Å². The summed E-state index contributed by atoms with van der Waals surface area (Å²) in [6.07, 6.45) is 0. The predicted molar refractivity (Wildman–Crippen MR) is 397 cm³/mol. The second kappa shape index (κ2) is 19.9. The standard InChI is InChI=1S/C91H58Si2/c1-5-29-60(30-6-1)92(61-31-7-2-8-32-61)82-52-21-17-40-73(82)87-69(46-26-54-84(87)92)65-42-23-44-71-76(65)58-77-66(70-47-27-55-85-88(70)74-41-18-22-53-83(74)93(85,62-33-9-3-10-34-62)63-35-11-4-12-36-63)43-24-45-72(77)86(71)75-48-25-51-80-90(75)89-64-37-14-13-28-59(64)56-57-81(89)91(80)78-49-19-15-38-67(78)68-39-16-20-50-79(68)91/h1-58H. The second-order valence-electron chi connectivity index (χ2n) is 25.8. The van der Waals surface area contributed by atoms with Crippen molar-refractivity contribution in [2.24, 2.45) is 0 Å². The first-order valence-corrected chi connectivity index (χ1v) is 36.7. The molecule has 0 bridgehead atoms. The molecule has 0 atom stereocenters. The van der Waals surface area contributed by atoms with Crippen LogP contribution in [0.2, 0.25) is 0 Å². The van der Waals surface area contributed by atoms with Gasteiger partial charge in [-0.25, -0.2) is 0 Å². The molecule has 0 amide bonds. The lowest BCUT2D eigenvalue weighted by Gasteiger charge is -2.31. The molecule has 430 valence electrons. The number of rotatable bonds is 7. The van der Waals surface area contributed by atoms with E-state index in [0.29, 0.717) is 0 Å². The van der Waals surface area contributed by atoms with Gasteiger partial charge in [0.25, 0.3) is 0 Å². The number of hydrogen-bond donors (Lipinski definition) is 0. The Morgan fingerprint density at radius 3 is 1.02 bits per heavy atom. The molecule has 1 spiro atoms. The van der Waals surface area contributed by atoms with E-state index in [1.54, 1.807) is 0 Å². The summed E-state index contributed by atoms with van der Waals surface area (Å²) in [5, 5.41) is 18.8. The van der Waals surface area contributed by atoms with Crippen LogP contribution in [0.25, 0.3) is 110 Å². The Balaban J connectivity index is 0.935. The predicted octanol–water partition coefficient (Wildman–Crippen LogP) is 17.2. The van der Waals surface area contributed by atoms with Crippen molar-refractivity contribution in [3.63, 3.8) is 0 Å². The summed E-state index contributed by atoms with van der Waals surface area (Å²) in [5.74, 6) is 0. The van der Waals surface area contributed by atoms with Gasteiger partial charge in [-0.05, 0) is 180 Å². The molecular weight excluding hydrogens is 1150 g/mol. The Morgan fingerprint density at radius 2 is 0.516 bits per heavy atom. The second-order valence-corrected chi connectivity index (χ2v) is 33.3. The van der Waals surface area contributed by atoms with Crippen LogP contribution in [0.4, 0.5) is 0 Å². The molecular formula is C91H58Si2. The molecule has 4 aliphatic rings. The van der Waals surface area contributed by atoms with Crippen LogP contribution in [0.3, 0.4) is 0 Å². The summed E-state index contributed by atoms with van der Waals surface area (Å²) in [7, 11) is -5.70. The highest BCUT2D eigenvalue weighted by atomic mass is 28.3. The van der Waals surface area contributed by atoms with Crippen molar-refractivity contribution in [1.29, 1.82) is 0 Å². The van der Waals surface area contributed by atoms with Gasteiger partial charge in [0, 0.05) is 0 Å².